The van der Waals surface area contributed by atoms with Crippen molar-refractivity contribution >= 4 is 17.3 Å². The number of hydrogen-bond donors (Lipinski definition) is 1. The molecule has 0 radical (unpaired) electrons. The largest absolute Gasteiger partial charge is 0.385 e. The number of benzene rings is 1. The molecule has 0 unspecified atom stereocenters. The predicted molar refractivity (Wildman–Crippen MR) is 84.8 cm³/mol. The first kappa shape index (κ1) is 13.6. The molecule has 2 aromatic rings. The van der Waals surface area contributed by atoms with Crippen LogP contribution in [0.15, 0.2) is 42.7 Å². The molecule has 4 nitrogen and oxygen atoms in total. The summed E-state index contributed by atoms with van der Waals surface area (Å²) in [5.74, 6) is 0.0390. The van der Waals surface area contributed by atoms with E-state index in [2.05, 4.69) is 10.3 Å². The van der Waals surface area contributed by atoms with E-state index in [1.54, 1.807) is 17.3 Å². The molecule has 0 spiro atoms. The minimum Gasteiger partial charge on any atom is -0.385 e. The fourth-order valence-electron chi connectivity index (χ4n) is 2.73. The number of nitrogens with zero attached hydrogens (tertiary/aromatic N) is 2. The van der Waals surface area contributed by atoms with Gasteiger partial charge in [0, 0.05) is 42.4 Å². The van der Waals surface area contributed by atoms with Crippen LogP contribution in [-0.2, 0) is 6.42 Å². The number of anilines is 2. The third-order valence-corrected chi connectivity index (χ3v) is 3.83. The highest BCUT2D eigenvalue weighted by molar-refractivity contribution is 6.06. The summed E-state index contributed by atoms with van der Waals surface area (Å²) in [6, 6.07) is 9.67. The molecular formula is C17H19N3O. The van der Waals surface area contributed by atoms with Crippen LogP contribution in [0.3, 0.4) is 0 Å². The zero-order valence-electron chi connectivity index (χ0n) is 12.2. The van der Waals surface area contributed by atoms with Crippen molar-refractivity contribution in [3.05, 3.63) is 53.9 Å². The highest BCUT2D eigenvalue weighted by Gasteiger charge is 2.18. The van der Waals surface area contributed by atoms with Gasteiger partial charge in [0.05, 0.1) is 0 Å². The number of rotatable bonds is 3. The zero-order chi connectivity index (χ0) is 14.7. The molecule has 1 aromatic carbocycles. The molecule has 0 saturated carbocycles. The molecule has 108 valence electrons. The molecule has 3 rings (SSSR count). The van der Waals surface area contributed by atoms with Crippen molar-refractivity contribution in [1.29, 1.82) is 0 Å². The van der Waals surface area contributed by atoms with Crippen molar-refractivity contribution in [1.82, 2.24) is 4.98 Å². The molecule has 21 heavy (non-hydrogen) atoms. The summed E-state index contributed by atoms with van der Waals surface area (Å²) in [6.07, 6.45) is 5.57. The lowest BCUT2D eigenvalue weighted by Gasteiger charge is -2.23. The highest BCUT2D eigenvalue weighted by atomic mass is 16.2. The van der Waals surface area contributed by atoms with E-state index in [1.807, 2.05) is 37.3 Å². The summed E-state index contributed by atoms with van der Waals surface area (Å²) < 4.78 is 0. The van der Waals surface area contributed by atoms with E-state index in [1.165, 1.54) is 5.56 Å². The summed E-state index contributed by atoms with van der Waals surface area (Å²) in [5.41, 5.74) is 4.02. The Balaban J connectivity index is 1.90. The number of hydrogen-bond acceptors (Lipinski definition) is 3. The summed E-state index contributed by atoms with van der Waals surface area (Å²) in [7, 11) is 0. The van der Waals surface area contributed by atoms with Crippen molar-refractivity contribution in [2.75, 3.05) is 23.3 Å². The Bertz CT molecular complexity index is 640. The lowest BCUT2D eigenvalue weighted by atomic mass is 10.0. The minimum atomic E-state index is 0.0390. The maximum Gasteiger partial charge on any atom is 0.258 e. The fraction of sp³-hybridized carbons (Fsp3) is 0.294. The van der Waals surface area contributed by atoms with Crippen LogP contribution in [0.5, 0.6) is 0 Å². The van der Waals surface area contributed by atoms with Crippen LogP contribution in [0.1, 0.15) is 29.3 Å². The van der Waals surface area contributed by atoms with Gasteiger partial charge in [0.2, 0.25) is 0 Å². The molecule has 0 aliphatic carbocycles. The molecule has 0 bridgehead atoms. The van der Waals surface area contributed by atoms with Crippen molar-refractivity contribution in [2.45, 2.75) is 19.8 Å². The maximum atomic E-state index is 12.7. The van der Waals surface area contributed by atoms with Gasteiger partial charge in [-0.25, -0.2) is 0 Å². The van der Waals surface area contributed by atoms with Gasteiger partial charge in [-0.1, -0.05) is 0 Å². The molecule has 1 N–H and O–H groups in total. The van der Waals surface area contributed by atoms with Crippen molar-refractivity contribution in [3.8, 4) is 0 Å². The number of pyridine rings is 1. The smallest absolute Gasteiger partial charge is 0.258 e. The second-order valence-corrected chi connectivity index (χ2v) is 5.16. The first-order valence-corrected chi connectivity index (χ1v) is 7.38. The average molecular weight is 281 g/mol. The van der Waals surface area contributed by atoms with E-state index in [0.29, 0.717) is 6.54 Å². The fourth-order valence-corrected chi connectivity index (χ4v) is 2.73. The molecular weight excluding hydrogens is 262 g/mol. The monoisotopic (exact) mass is 281 g/mol. The van der Waals surface area contributed by atoms with E-state index < -0.39 is 0 Å². The van der Waals surface area contributed by atoms with Gasteiger partial charge in [0.25, 0.3) is 5.91 Å². The van der Waals surface area contributed by atoms with Gasteiger partial charge in [-0.15, -0.1) is 0 Å². The summed E-state index contributed by atoms with van der Waals surface area (Å²) >= 11 is 0. The van der Waals surface area contributed by atoms with Gasteiger partial charge in [-0.2, -0.15) is 0 Å². The molecule has 1 aromatic heterocycles. The van der Waals surface area contributed by atoms with Gasteiger partial charge >= 0.3 is 0 Å². The minimum absolute atomic E-state index is 0.0390. The Morgan fingerprint density at radius 3 is 2.86 bits per heavy atom. The van der Waals surface area contributed by atoms with Crippen LogP contribution in [0, 0.1) is 0 Å². The Morgan fingerprint density at radius 1 is 1.29 bits per heavy atom. The van der Waals surface area contributed by atoms with Crippen LogP contribution < -0.4 is 10.2 Å². The number of aromatic nitrogens is 1. The van der Waals surface area contributed by atoms with Gasteiger partial charge in [-0.3, -0.25) is 9.78 Å². The van der Waals surface area contributed by atoms with Gasteiger partial charge in [-0.05, 0) is 55.7 Å². The molecule has 1 amide bonds. The Morgan fingerprint density at radius 2 is 2.10 bits per heavy atom. The molecule has 0 fully saturated rings. The van der Waals surface area contributed by atoms with Crippen molar-refractivity contribution in [2.24, 2.45) is 0 Å². The number of fused-ring (bicyclic) bond motifs is 1. The molecule has 2 heterocycles. The van der Waals surface area contributed by atoms with Gasteiger partial charge < -0.3 is 10.2 Å². The number of aryl methyl sites for hydroxylation is 1. The topological polar surface area (TPSA) is 45.2 Å². The lowest BCUT2D eigenvalue weighted by molar-refractivity contribution is 0.0988. The molecule has 1 aliphatic rings. The lowest BCUT2D eigenvalue weighted by Crippen LogP contribution is -2.30. The first-order chi connectivity index (χ1) is 10.3. The van der Waals surface area contributed by atoms with Crippen LogP contribution >= 0.6 is 0 Å². The second kappa shape index (κ2) is 5.95. The van der Waals surface area contributed by atoms with Crippen molar-refractivity contribution in [3.63, 3.8) is 0 Å². The Hall–Kier alpha value is -2.36. The van der Waals surface area contributed by atoms with E-state index in [-0.39, 0.29) is 5.91 Å². The standard InChI is InChI=1S/C17H19N3O/c1-2-20(15-7-10-18-11-8-15)17(21)14-5-6-16-13(12-14)4-3-9-19-16/h5-8,10-12,19H,2-4,9H2,1H3. The first-order valence-electron chi connectivity index (χ1n) is 7.38. The quantitative estimate of drug-likeness (QED) is 0.940. The van der Waals surface area contributed by atoms with Crippen LogP contribution in [0.25, 0.3) is 0 Å². The van der Waals surface area contributed by atoms with Crippen LogP contribution in [0.4, 0.5) is 11.4 Å². The molecule has 0 atom stereocenters. The van der Waals surface area contributed by atoms with Crippen LogP contribution in [0.2, 0.25) is 0 Å². The van der Waals surface area contributed by atoms with E-state index >= 15 is 0 Å². The SMILES string of the molecule is CCN(C(=O)c1ccc2c(c1)CCCN2)c1ccncc1. The third kappa shape index (κ3) is 2.75. The molecule has 1 aliphatic heterocycles. The predicted octanol–water partition coefficient (Wildman–Crippen LogP) is 3.11. The number of nitrogens with one attached hydrogen (secondary N) is 1. The molecule has 0 saturated heterocycles. The normalized spacial score (nSPS) is 13.2. The molecule has 4 heteroatoms. The van der Waals surface area contributed by atoms with E-state index in [9.17, 15) is 4.79 Å². The average Bonchev–Trinajstić information content (AvgIpc) is 2.56. The summed E-state index contributed by atoms with van der Waals surface area (Å²) in [4.78, 5) is 18.5. The Kier molecular flexibility index (Phi) is 3.86. The maximum absolute atomic E-state index is 12.7. The number of carbonyl (C=O) groups excluding carboxylic acids is 1. The number of carbonyl (C=O) groups is 1. The Labute approximate surface area is 124 Å². The van der Waals surface area contributed by atoms with Gasteiger partial charge in [0.1, 0.15) is 0 Å². The third-order valence-electron chi connectivity index (χ3n) is 3.83. The van der Waals surface area contributed by atoms with Crippen LogP contribution in [-0.4, -0.2) is 24.0 Å². The second-order valence-electron chi connectivity index (χ2n) is 5.16. The zero-order valence-corrected chi connectivity index (χ0v) is 12.2. The highest BCUT2D eigenvalue weighted by Crippen LogP contribution is 2.24. The van der Waals surface area contributed by atoms with Gasteiger partial charge in [0.15, 0.2) is 0 Å². The summed E-state index contributed by atoms with van der Waals surface area (Å²) in [5, 5.41) is 3.37. The van der Waals surface area contributed by atoms with E-state index in [0.717, 1.165) is 36.3 Å². The van der Waals surface area contributed by atoms with E-state index in [4.69, 9.17) is 0 Å². The summed E-state index contributed by atoms with van der Waals surface area (Å²) in [6.45, 7) is 3.63. The number of amides is 1. The van der Waals surface area contributed by atoms with Crippen molar-refractivity contribution < 1.29 is 4.79 Å².